The molecule has 1 aromatic heterocycles. The number of hydrogen-bond acceptors (Lipinski definition) is 3. The first-order valence-electron chi connectivity index (χ1n) is 7.14. The SMILES string of the molecule is CNC(Cc1ccncc1)C1OCCc2ccccc21. The molecule has 0 aliphatic carbocycles. The number of nitrogens with one attached hydrogen (secondary N) is 1. The number of aromatic nitrogens is 1. The fourth-order valence-electron chi connectivity index (χ4n) is 2.89. The van der Waals surface area contributed by atoms with Crippen molar-refractivity contribution in [2.45, 2.75) is 25.0 Å². The summed E-state index contributed by atoms with van der Waals surface area (Å²) in [5, 5.41) is 3.42. The van der Waals surface area contributed by atoms with E-state index < -0.39 is 0 Å². The zero-order valence-electron chi connectivity index (χ0n) is 11.8. The van der Waals surface area contributed by atoms with Gasteiger partial charge in [0.15, 0.2) is 0 Å². The lowest BCUT2D eigenvalue weighted by Gasteiger charge is -2.32. The van der Waals surface area contributed by atoms with Crippen molar-refractivity contribution in [1.29, 1.82) is 0 Å². The summed E-state index contributed by atoms with van der Waals surface area (Å²) in [5.74, 6) is 0. The number of hydrogen-bond donors (Lipinski definition) is 1. The van der Waals surface area contributed by atoms with Crippen molar-refractivity contribution in [3.8, 4) is 0 Å². The number of fused-ring (bicyclic) bond motifs is 1. The van der Waals surface area contributed by atoms with Crippen LogP contribution in [-0.2, 0) is 17.6 Å². The molecule has 2 aromatic rings. The molecule has 20 heavy (non-hydrogen) atoms. The summed E-state index contributed by atoms with van der Waals surface area (Å²) in [6.45, 7) is 0.802. The standard InChI is InChI=1S/C17H20N2O/c1-18-16(12-13-6-9-19-10-7-13)17-15-5-3-2-4-14(15)8-11-20-17/h2-7,9-10,16-18H,8,11-12H2,1H3. The molecule has 0 amide bonds. The van der Waals surface area contributed by atoms with Crippen LogP contribution in [0.2, 0.25) is 0 Å². The second kappa shape index (κ2) is 6.16. The van der Waals surface area contributed by atoms with Gasteiger partial charge < -0.3 is 10.1 Å². The van der Waals surface area contributed by atoms with Crippen molar-refractivity contribution in [2.75, 3.05) is 13.7 Å². The van der Waals surface area contributed by atoms with E-state index in [1.165, 1.54) is 16.7 Å². The summed E-state index contributed by atoms with van der Waals surface area (Å²) >= 11 is 0. The number of rotatable bonds is 4. The fourth-order valence-corrected chi connectivity index (χ4v) is 2.89. The first kappa shape index (κ1) is 13.3. The molecule has 3 nitrogen and oxygen atoms in total. The molecule has 2 atom stereocenters. The van der Waals surface area contributed by atoms with E-state index in [0.29, 0.717) is 0 Å². The van der Waals surface area contributed by atoms with Gasteiger partial charge in [0.25, 0.3) is 0 Å². The van der Waals surface area contributed by atoms with Gasteiger partial charge in [0.1, 0.15) is 0 Å². The third-order valence-corrected chi connectivity index (χ3v) is 3.97. The molecule has 3 rings (SSSR count). The van der Waals surface area contributed by atoms with Gasteiger partial charge in [0, 0.05) is 18.4 Å². The van der Waals surface area contributed by atoms with Crippen molar-refractivity contribution in [3.05, 3.63) is 65.5 Å². The van der Waals surface area contributed by atoms with Gasteiger partial charge in [-0.15, -0.1) is 0 Å². The van der Waals surface area contributed by atoms with Crippen LogP contribution in [0.4, 0.5) is 0 Å². The van der Waals surface area contributed by atoms with Gasteiger partial charge in [-0.25, -0.2) is 0 Å². The summed E-state index contributed by atoms with van der Waals surface area (Å²) < 4.78 is 6.05. The molecule has 1 aliphatic rings. The topological polar surface area (TPSA) is 34.2 Å². The first-order valence-corrected chi connectivity index (χ1v) is 7.14. The van der Waals surface area contributed by atoms with Gasteiger partial charge in [0.05, 0.1) is 12.7 Å². The van der Waals surface area contributed by atoms with Gasteiger partial charge in [-0.05, 0) is 48.7 Å². The van der Waals surface area contributed by atoms with E-state index in [0.717, 1.165) is 19.4 Å². The summed E-state index contributed by atoms with van der Waals surface area (Å²) in [6.07, 6.45) is 5.77. The minimum atomic E-state index is 0.123. The number of likely N-dealkylation sites (N-methyl/N-ethyl adjacent to an activating group) is 1. The Bertz CT molecular complexity index is 556. The Morgan fingerprint density at radius 3 is 2.85 bits per heavy atom. The molecular weight excluding hydrogens is 248 g/mol. The van der Waals surface area contributed by atoms with Crippen LogP contribution in [0.3, 0.4) is 0 Å². The highest BCUT2D eigenvalue weighted by atomic mass is 16.5. The van der Waals surface area contributed by atoms with E-state index in [4.69, 9.17) is 4.74 Å². The molecule has 2 unspecified atom stereocenters. The Hall–Kier alpha value is -1.71. The van der Waals surface area contributed by atoms with E-state index >= 15 is 0 Å². The number of nitrogens with zero attached hydrogens (tertiary/aromatic N) is 1. The van der Waals surface area contributed by atoms with Crippen molar-refractivity contribution in [2.24, 2.45) is 0 Å². The van der Waals surface area contributed by atoms with Crippen molar-refractivity contribution < 1.29 is 4.74 Å². The molecule has 104 valence electrons. The highest BCUT2D eigenvalue weighted by molar-refractivity contribution is 5.32. The highest BCUT2D eigenvalue weighted by Crippen LogP contribution is 2.30. The summed E-state index contributed by atoms with van der Waals surface area (Å²) in [7, 11) is 2.01. The monoisotopic (exact) mass is 268 g/mol. The maximum absolute atomic E-state index is 6.05. The third-order valence-electron chi connectivity index (χ3n) is 3.97. The van der Waals surface area contributed by atoms with Crippen LogP contribution >= 0.6 is 0 Å². The van der Waals surface area contributed by atoms with E-state index in [-0.39, 0.29) is 12.1 Å². The van der Waals surface area contributed by atoms with Gasteiger partial charge in [-0.1, -0.05) is 24.3 Å². The van der Waals surface area contributed by atoms with Crippen LogP contribution in [0.1, 0.15) is 22.8 Å². The molecule has 0 spiro atoms. The van der Waals surface area contributed by atoms with Crippen LogP contribution < -0.4 is 5.32 Å². The largest absolute Gasteiger partial charge is 0.372 e. The van der Waals surface area contributed by atoms with E-state index in [9.17, 15) is 0 Å². The molecule has 0 saturated carbocycles. The molecule has 1 aliphatic heterocycles. The first-order chi connectivity index (χ1) is 9.88. The Balaban J connectivity index is 1.84. The molecule has 1 aromatic carbocycles. The molecule has 0 bridgehead atoms. The second-order valence-corrected chi connectivity index (χ2v) is 5.19. The number of pyridine rings is 1. The average Bonchev–Trinajstić information content (AvgIpc) is 2.53. The Morgan fingerprint density at radius 1 is 1.25 bits per heavy atom. The molecule has 0 saturated heterocycles. The van der Waals surface area contributed by atoms with E-state index in [2.05, 4.69) is 46.7 Å². The Morgan fingerprint density at radius 2 is 2.05 bits per heavy atom. The van der Waals surface area contributed by atoms with Crippen LogP contribution in [0, 0.1) is 0 Å². The maximum atomic E-state index is 6.05. The van der Waals surface area contributed by atoms with Crippen LogP contribution in [-0.4, -0.2) is 24.7 Å². The van der Waals surface area contributed by atoms with E-state index in [1.54, 1.807) is 0 Å². The Labute approximate surface area is 120 Å². The van der Waals surface area contributed by atoms with Crippen LogP contribution in [0.15, 0.2) is 48.8 Å². The summed E-state index contributed by atoms with van der Waals surface area (Å²) in [5.41, 5.74) is 4.02. The lowest BCUT2D eigenvalue weighted by molar-refractivity contribution is 0.0172. The van der Waals surface area contributed by atoms with Gasteiger partial charge in [-0.2, -0.15) is 0 Å². The third kappa shape index (κ3) is 2.74. The zero-order valence-corrected chi connectivity index (χ0v) is 11.8. The smallest absolute Gasteiger partial charge is 0.0983 e. The Kier molecular flexibility index (Phi) is 4.09. The van der Waals surface area contributed by atoms with Gasteiger partial charge >= 0.3 is 0 Å². The highest BCUT2D eigenvalue weighted by Gasteiger charge is 2.27. The average molecular weight is 268 g/mol. The van der Waals surface area contributed by atoms with E-state index in [1.807, 2.05) is 19.4 Å². The normalized spacial score (nSPS) is 19.4. The zero-order chi connectivity index (χ0) is 13.8. The molecule has 0 fully saturated rings. The van der Waals surface area contributed by atoms with Crippen molar-refractivity contribution in [1.82, 2.24) is 10.3 Å². The molecular formula is C17H20N2O. The fraction of sp³-hybridized carbons (Fsp3) is 0.353. The summed E-state index contributed by atoms with van der Waals surface area (Å²) in [6, 6.07) is 13.0. The second-order valence-electron chi connectivity index (χ2n) is 5.19. The molecule has 0 radical (unpaired) electrons. The van der Waals surface area contributed by atoms with Gasteiger partial charge in [0.2, 0.25) is 0 Å². The molecule has 2 heterocycles. The molecule has 3 heteroatoms. The lowest BCUT2D eigenvalue weighted by Crippen LogP contribution is -2.38. The number of benzene rings is 1. The number of ether oxygens (including phenoxy) is 1. The lowest BCUT2D eigenvalue weighted by atomic mass is 9.90. The predicted octanol–water partition coefficient (Wildman–Crippen LogP) is 2.53. The minimum absolute atomic E-state index is 0.123. The summed E-state index contributed by atoms with van der Waals surface area (Å²) in [4.78, 5) is 4.08. The molecule has 1 N–H and O–H groups in total. The maximum Gasteiger partial charge on any atom is 0.0983 e. The van der Waals surface area contributed by atoms with Gasteiger partial charge in [-0.3, -0.25) is 4.98 Å². The van der Waals surface area contributed by atoms with Crippen molar-refractivity contribution in [3.63, 3.8) is 0 Å². The minimum Gasteiger partial charge on any atom is -0.372 e. The van der Waals surface area contributed by atoms with Crippen molar-refractivity contribution >= 4 is 0 Å². The van der Waals surface area contributed by atoms with Crippen LogP contribution in [0.5, 0.6) is 0 Å². The predicted molar refractivity (Wildman–Crippen MR) is 79.6 cm³/mol. The van der Waals surface area contributed by atoms with Crippen LogP contribution in [0.25, 0.3) is 0 Å². The quantitative estimate of drug-likeness (QED) is 0.925.